The van der Waals surface area contributed by atoms with Crippen molar-refractivity contribution in [2.24, 2.45) is 0 Å². The van der Waals surface area contributed by atoms with Gasteiger partial charge >= 0.3 is 0 Å². The molecule has 0 aliphatic rings. The minimum Gasteiger partial charge on any atom is -0.351 e. The summed E-state index contributed by atoms with van der Waals surface area (Å²) < 4.78 is 26.8. The Morgan fingerprint density at radius 1 is 0.839 bits per heavy atom. The summed E-state index contributed by atoms with van der Waals surface area (Å²) in [5, 5.41) is 2.53. The van der Waals surface area contributed by atoms with Gasteiger partial charge in [0.15, 0.2) is 0 Å². The molecule has 3 aromatic carbocycles. The van der Waals surface area contributed by atoms with Crippen molar-refractivity contribution in [3.8, 4) is 0 Å². The van der Waals surface area contributed by atoms with Gasteiger partial charge in [0.25, 0.3) is 5.91 Å². The third-order valence-electron chi connectivity index (χ3n) is 4.88. The Hall–Kier alpha value is -3.54. The Morgan fingerprint density at radius 2 is 1.48 bits per heavy atom. The summed E-state index contributed by atoms with van der Waals surface area (Å²) in [5.41, 5.74) is 1.90. The zero-order chi connectivity index (χ0) is 22.1. The molecule has 0 aromatic heterocycles. The van der Waals surface area contributed by atoms with Crippen LogP contribution in [0.15, 0.2) is 78.9 Å². The van der Waals surface area contributed by atoms with Gasteiger partial charge in [-0.1, -0.05) is 60.7 Å². The summed E-state index contributed by atoms with van der Waals surface area (Å²) in [4.78, 5) is 26.7. The molecule has 4 nitrogen and oxygen atoms in total. The largest absolute Gasteiger partial charge is 0.351 e. The molecular formula is C25H24F2N2O2. The lowest BCUT2D eigenvalue weighted by Gasteiger charge is -2.23. The molecule has 2 amide bonds. The van der Waals surface area contributed by atoms with Crippen LogP contribution in [0, 0.1) is 11.6 Å². The van der Waals surface area contributed by atoms with Crippen LogP contribution in [-0.2, 0) is 17.8 Å². The maximum absolute atomic E-state index is 13.7. The van der Waals surface area contributed by atoms with Crippen LogP contribution in [0.25, 0.3) is 0 Å². The van der Waals surface area contributed by atoms with Gasteiger partial charge in [0.2, 0.25) is 5.91 Å². The highest BCUT2D eigenvalue weighted by atomic mass is 19.1. The molecule has 0 saturated carbocycles. The topological polar surface area (TPSA) is 49.4 Å². The molecule has 0 atom stereocenters. The highest BCUT2D eigenvalue weighted by Crippen LogP contribution is 2.11. The second kappa shape index (κ2) is 11.0. The fraction of sp³-hybridized carbons (Fsp3) is 0.200. The second-order valence-corrected chi connectivity index (χ2v) is 7.17. The number of benzene rings is 3. The van der Waals surface area contributed by atoms with Crippen molar-refractivity contribution in [3.05, 3.63) is 107 Å². The van der Waals surface area contributed by atoms with Crippen LogP contribution in [0.3, 0.4) is 0 Å². The number of halogens is 2. The first kappa shape index (κ1) is 22.2. The minimum absolute atomic E-state index is 0.0606. The molecule has 0 aliphatic heterocycles. The van der Waals surface area contributed by atoms with Crippen molar-refractivity contribution in [3.63, 3.8) is 0 Å². The standard InChI is InChI=1S/C25H24F2N2O2/c26-21-11-12-22(23(27)17-21)25(31)28-15-13-24(30)29(18-20-9-5-2-6-10-20)16-14-19-7-3-1-4-8-19/h1-12,17H,13-16,18H2,(H,28,31). The average Bonchev–Trinajstić information content (AvgIpc) is 2.77. The maximum atomic E-state index is 13.7. The van der Waals surface area contributed by atoms with E-state index >= 15 is 0 Å². The van der Waals surface area contributed by atoms with Crippen molar-refractivity contribution >= 4 is 11.8 Å². The van der Waals surface area contributed by atoms with Crippen molar-refractivity contribution in [1.82, 2.24) is 10.2 Å². The Kier molecular flexibility index (Phi) is 7.87. The monoisotopic (exact) mass is 422 g/mol. The molecule has 31 heavy (non-hydrogen) atoms. The zero-order valence-electron chi connectivity index (χ0n) is 17.1. The quantitative estimate of drug-likeness (QED) is 0.557. The smallest absolute Gasteiger partial charge is 0.254 e. The highest BCUT2D eigenvalue weighted by Gasteiger charge is 2.16. The molecule has 0 aliphatic carbocycles. The van der Waals surface area contributed by atoms with Gasteiger partial charge in [-0.25, -0.2) is 8.78 Å². The third-order valence-corrected chi connectivity index (χ3v) is 4.88. The van der Waals surface area contributed by atoms with E-state index in [1.807, 2.05) is 60.7 Å². The third kappa shape index (κ3) is 6.74. The summed E-state index contributed by atoms with van der Waals surface area (Å²) in [6.45, 7) is 1.07. The van der Waals surface area contributed by atoms with Crippen LogP contribution in [0.5, 0.6) is 0 Å². The van der Waals surface area contributed by atoms with Crippen LogP contribution in [-0.4, -0.2) is 29.8 Å². The number of rotatable bonds is 9. The highest BCUT2D eigenvalue weighted by molar-refractivity contribution is 5.94. The second-order valence-electron chi connectivity index (χ2n) is 7.17. The average molecular weight is 422 g/mol. The van der Waals surface area contributed by atoms with E-state index in [2.05, 4.69) is 5.32 Å². The van der Waals surface area contributed by atoms with Crippen molar-refractivity contribution in [1.29, 1.82) is 0 Å². The molecule has 0 spiro atoms. The summed E-state index contributed by atoms with van der Waals surface area (Å²) in [6.07, 6.45) is 0.794. The van der Waals surface area contributed by atoms with Crippen LogP contribution in [0.2, 0.25) is 0 Å². The Morgan fingerprint density at radius 3 is 2.13 bits per heavy atom. The van der Waals surface area contributed by atoms with E-state index < -0.39 is 17.5 Å². The summed E-state index contributed by atoms with van der Waals surface area (Å²) >= 11 is 0. The van der Waals surface area contributed by atoms with Crippen LogP contribution < -0.4 is 5.32 Å². The van der Waals surface area contributed by atoms with Gasteiger partial charge in [-0.2, -0.15) is 0 Å². The number of carbonyl (C=O) groups excluding carboxylic acids is 2. The van der Waals surface area contributed by atoms with Gasteiger partial charge in [0.05, 0.1) is 5.56 Å². The molecule has 0 bridgehead atoms. The molecule has 0 fully saturated rings. The molecule has 160 valence electrons. The van der Waals surface area contributed by atoms with E-state index in [9.17, 15) is 18.4 Å². The fourth-order valence-electron chi connectivity index (χ4n) is 3.21. The lowest BCUT2D eigenvalue weighted by molar-refractivity contribution is -0.131. The van der Waals surface area contributed by atoms with E-state index in [1.165, 1.54) is 0 Å². The lowest BCUT2D eigenvalue weighted by Crippen LogP contribution is -2.35. The first-order valence-electron chi connectivity index (χ1n) is 10.1. The van der Waals surface area contributed by atoms with Crippen LogP contribution in [0.4, 0.5) is 8.78 Å². The number of hydrogen-bond acceptors (Lipinski definition) is 2. The molecule has 0 saturated heterocycles. The van der Waals surface area contributed by atoms with Crippen molar-refractivity contribution in [2.45, 2.75) is 19.4 Å². The Labute approximate surface area is 180 Å². The number of nitrogens with zero attached hydrogens (tertiary/aromatic N) is 1. The molecule has 0 heterocycles. The van der Waals surface area contributed by atoms with Gasteiger partial charge in [-0.3, -0.25) is 9.59 Å². The summed E-state index contributed by atoms with van der Waals surface area (Å²) in [5.74, 6) is -2.47. The Balaban J connectivity index is 1.58. The van der Waals surface area contributed by atoms with Crippen molar-refractivity contribution < 1.29 is 18.4 Å². The van der Waals surface area contributed by atoms with E-state index in [0.717, 1.165) is 23.3 Å². The predicted molar refractivity (Wildman–Crippen MR) is 115 cm³/mol. The molecular weight excluding hydrogens is 398 g/mol. The van der Waals surface area contributed by atoms with E-state index in [4.69, 9.17) is 0 Å². The predicted octanol–water partition coefficient (Wildman–Crippen LogP) is 4.36. The van der Waals surface area contributed by atoms with Crippen molar-refractivity contribution in [2.75, 3.05) is 13.1 Å². The number of carbonyl (C=O) groups is 2. The van der Waals surface area contributed by atoms with Gasteiger partial charge in [0, 0.05) is 32.1 Å². The zero-order valence-corrected chi connectivity index (χ0v) is 17.1. The molecule has 6 heteroatoms. The molecule has 3 rings (SSSR count). The molecule has 3 aromatic rings. The maximum Gasteiger partial charge on any atom is 0.254 e. The minimum atomic E-state index is -0.933. The molecule has 1 N–H and O–H groups in total. The number of hydrogen-bond donors (Lipinski definition) is 1. The lowest BCUT2D eigenvalue weighted by atomic mass is 10.1. The van der Waals surface area contributed by atoms with E-state index in [0.29, 0.717) is 25.6 Å². The Bertz CT molecular complexity index is 1010. The van der Waals surface area contributed by atoms with Gasteiger partial charge in [0.1, 0.15) is 11.6 Å². The number of nitrogens with one attached hydrogen (secondary N) is 1. The first-order chi connectivity index (χ1) is 15.0. The first-order valence-corrected chi connectivity index (χ1v) is 10.1. The summed E-state index contributed by atoms with van der Waals surface area (Å²) in [6, 6.07) is 22.4. The van der Waals surface area contributed by atoms with E-state index in [-0.39, 0.29) is 24.4 Å². The normalized spacial score (nSPS) is 10.5. The van der Waals surface area contributed by atoms with Gasteiger partial charge in [-0.05, 0) is 29.7 Å². The van der Waals surface area contributed by atoms with E-state index in [1.54, 1.807) is 4.90 Å². The number of amides is 2. The van der Waals surface area contributed by atoms with Crippen LogP contribution >= 0.6 is 0 Å². The molecule has 0 radical (unpaired) electrons. The fourth-order valence-corrected chi connectivity index (χ4v) is 3.21. The summed E-state index contributed by atoms with van der Waals surface area (Å²) in [7, 11) is 0. The van der Waals surface area contributed by atoms with Gasteiger partial charge in [-0.15, -0.1) is 0 Å². The van der Waals surface area contributed by atoms with Gasteiger partial charge < -0.3 is 10.2 Å². The van der Waals surface area contributed by atoms with Crippen LogP contribution in [0.1, 0.15) is 27.9 Å². The SMILES string of the molecule is O=C(NCCC(=O)N(CCc1ccccc1)Cc1ccccc1)c1ccc(F)cc1F. The molecule has 0 unspecified atom stereocenters.